The average Bonchev–Trinajstić information content (AvgIpc) is 3.19. The molecule has 1 atom stereocenters. The van der Waals surface area contributed by atoms with Crippen LogP contribution < -0.4 is 10.6 Å². The van der Waals surface area contributed by atoms with Crippen LogP contribution in [0, 0.1) is 0 Å². The largest absolute Gasteiger partial charge is 0.376 e. The maximum Gasteiger partial charge on any atom is 0.234 e. The smallest absolute Gasteiger partial charge is 0.234 e. The van der Waals surface area contributed by atoms with Crippen molar-refractivity contribution >= 4 is 5.91 Å². The van der Waals surface area contributed by atoms with Gasteiger partial charge in [0.1, 0.15) is 0 Å². The van der Waals surface area contributed by atoms with Gasteiger partial charge in [-0.1, -0.05) is 90.4 Å². The lowest BCUT2D eigenvalue weighted by atomic mass is 10.0. The summed E-state index contributed by atoms with van der Waals surface area (Å²) < 4.78 is 5.50. The van der Waals surface area contributed by atoms with Crippen LogP contribution in [0.4, 0.5) is 0 Å². The number of hydrogen-bond acceptors (Lipinski definition) is 3. The minimum absolute atomic E-state index is 0.0934. The highest BCUT2D eigenvalue weighted by Gasteiger charge is 2.15. The topological polar surface area (TPSA) is 50.4 Å². The number of unbranched alkanes of at least 4 members (excludes halogenated alkanes) is 13. The van der Waals surface area contributed by atoms with Gasteiger partial charge >= 0.3 is 0 Å². The Hall–Kier alpha value is -0.610. The molecule has 1 amide bonds. The summed E-state index contributed by atoms with van der Waals surface area (Å²) in [7, 11) is 0. The van der Waals surface area contributed by atoms with Gasteiger partial charge in [0.2, 0.25) is 5.91 Å². The SMILES string of the molecule is CCCCCCCCCCCCCCCCNCC(=O)NCC1CCCO1. The second-order valence-electron chi connectivity index (χ2n) is 8.21. The number of nitrogens with one attached hydrogen (secondary N) is 2. The van der Waals surface area contributed by atoms with E-state index in [0.29, 0.717) is 13.1 Å². The fourth-order valence-corrected chi connectivity index (χ4v) is 3.74. The molecule has 160 valence electrons. The van der Waals surface area contributed by atoms with Crippen LogP contribution in [0.3, 0.4) is 0 Å². The Morgan fingerprint density at radius 1 is 0.852 bits per heavy atom. The first kappa shape index (κ1) is 24.4. The van der Waals surface area contributed by atoms with Gasteiger partial charge in [-0.25, -0.2) is 0 Å². The molecule has 0 bridgehead atoms. The number of ether oxygens (including phenoxy) is 1. The van der Waals surface area contributed by atoms with Crippen molar-refractivity contribution in [2.45, 2.75) is 116 Å². The standard InChI is InChI=1S/C23H46N2O2/c1-2-3-4-5-6-7-8-9-10-11-12-13-14-15-18-24-21-23(26)25-20-22-17-16-19-27-22/h22,24H,2-21H2,1H3,(H,25,26). The summed E-state index contributed by atoms with van der Waals surface area (Å²) in [5.74, 6) is 0.0934. The normalized spacial score (nSPS) is 16.7. The maximum absolute atomic E-state index is 11.7. The van der Waals surface area contributed by atoms with E-state index < -0.39 is 0 Å². The van der Waals surface area contributed by atoms with Crippen LogP contribution in [-0.4, -0.2) is 38.3 Å². The third-order valence-corrected chi connectivity index (χ3v) is 5.54. The van der Waals surface area contributed by atoms with Crippen molar-refractivity contribution < 1.29 is 9.53 Å². The van der Waals surface area contributed by atoms with E-state index in [1.54, 1.807) is 0 Å². The molecule has 0 aromatic heterocycles. The molecule has 1 heterocycles. The molecule has 1 aliphatic rings. The van der Waals surface area contributed by atoms with Gasteiger partial charge in [0.05, 0.1) is 12.6 Å². The molecule has 0 radical (unpaired) electrons. The van der Waals surface area contributed by atoms with Crippen LogP contribution in [0.15, 0.2) is 0 Å². The second kappa shape index (κ2) is 18.7. The fraction of sp³-hybridized carbons (Fsp3) is 0.957. The summed E-state index contributed by atoms with van der Waals surface area (Å²) in [6.07, 6.45) is 21.8. The fourth-order valence-electron chi connectivity index (χ4n) is 3.74. The molecular formula is C23H46N2O2. The van der Waals surface area contributed by atoms with Gasteiger partial charge in [-0.05, 0) is 25.8 Å². The molecule has 1 fully saturated rings. The molecular weight excluding hydrogens is 336 g/mol. The monoisotopic (exact) mass is 382 g/mol. The number of carbonyl (C=O) groups excluding carboxylic acids is 1. The minimum Gasteiger partial charge on any atom is -0.376 e. The Labute approximate surface area is 168 Å². The first-order valence-corrected chi connectivity index (χ1v) is 11.9. The zero-order chi connectivity index (χ0) is 19.4. The molecule has 27 heavy (non-hydrogen) atoms. The van der Waals surface area contributed by atoms with Crippen molar-refractivity contribution in [1.82, 2.24) is 10.6 Å². The number of carbonyl (C=O) groups is 1. The van der Waals surface area contributed by atoms with Gasteiger partial charge in [-0.3, -0.25) is 4.79 Å². The second-order valence-corrected chi connectivity index (χ2v) is 8.21. The number of amides is 1. The highest BCUT2D eigenvalue weighted by Crippen LogP contribution is 2.13. The summed E-state index contributed by atoms with van der Waals surface area (Å²) in [4.78, 5) is 11.7. The van der Waals surface area contributed by atoms with Crippen molar-refractivity contribution in [1.29, 1.82) is 0 Å². The third-order valence-electron chi connectivity index (χ3n) is 5.54. The summed E-state index contributed by atoms with van der Waals surface area (Å²) >= 11 is 0. The van der Waals surface area contributed by atoms with Gasteiger partial charge in [0.15, 0.2) is 0 Å². The van der Waals surface area contributed by atoms with Crippen LogP contribution in [-0.2, 0) is 9.53 Å². The van der Waals surface area contributed by atoms with E-state index in [9.17, 15) is 4.79 Å². The van der Waals surface area contributed by atoms with E-state index in [0.717, 1.165) is 26.0 Å². The van der Waals surface area contributed by atoms with Crippen LogP contribution in [0.25, 0.3) is 0 Å². The Morgan fingerprint density at radius 2 is 1.41 bits per heavy atom. The van der Waals surface area contributed by atoms with Crippen molar-refractivity contribution in [2.24, 2.45) is 0 Å². The lowest BCUT2D eigenvalue weighted by Crippen LogP contribution is -2.38. The predicted molar refractivity (Wildman–Crippen MR) is 115 cm³/mol. The summed E-state index contributed by atoms with van der Waals surface area (Å²) in [5, 5.41) is 6.20. The molecule has 1 saturated heterocycles. The Bertz CT molecular complexity index is 330. The van der Waals surface area contributed by atoms with Crippen molar-refractivity contribution in [3.05, 3.63) is 0 Å². The zero-order valence-electron chi connectivity index (χ0n) is 18.0. The Morgan fingerprint density at radius 3 is 1.93 bits per heavy atom. The maximum atomic E-state index is 11.7. The molecule has 1 aliphatic heterocycles. The molecule has 1 rings (SSSR count). The molecule has 0 saturated carbocycles. The number of rotatable bonds is 19. The van der Waals surface area contributed by atoms with E-state index >= 15 is 0 Å². The lowest BCUT2D eigenvalue weighted by Gasteiger charge is -2.11. The Kier molecular flexibility index (Phi) is 17.0. The molecule has 0 spiro atoms. The molecule has 1 unspecified atom stereocenters. The van der Waals surface area contributed by atoms with E-state index in [-0.39, 0.29) is 12.0 Å². The molecule has 0 aliphatic carbocycles. The van der Waals surface area contributed by atoms with E-state index in [1.807, 2.05) is 0 Å². The molecule has 4 nitrogen and oxygen atoms in total. The van der Waals surface area contributed by atoms with E-state index in [4.69, 9.17) is 4.74 Å². The quantitative estimate of drug-likeness (QED) is 0.296. The summed E-state index contributed by atoms with van der Waals surface area (Å²) in [6.45, 7) is 5.18. The highest BCUT2D eigenvalue weighted by molar-refractivity contribution is 5.77. The van der Waals surface area contributed by atoms with Gasteiger partial charge in [0.25, 0.3) is 0 Å². The first-order chi connectivity index (χ1) is 13.3. The zero-order valence-corrected chi connectivity index (χ0v) is 18.0. The Balaban J connectivity index is 1.70. The lowest BCUT2D eigenvalue weighted by molar-refractivity contribution is -0.120. The molecule has 0 aromatic carbocycles. The highest BCUT2D eigenvalue weighted by atomic mass is 16.5. The van der Waals surface area contributed by atoms with Crippen molar-refractivity contribution in [2.75, 3.05) is 26.2 Å². The molecule has 4 heteroatoms. The minimum atomic E-state index is 0.0934. The van der Waals surface area contributed by atoms with Crippen LogP contribution >= 0.6 is 0 Å². The van der Waals surface area contributed by atoms with Crippen LogP contribution in [0.1, 0.15) is 110 Å². The summed E-state index contributed by atoms with van der Waals surface area (Å²) in [6, 6.07) is 0. The predicted octanol–water partition coefficient (Wildman–Crippen LogP) is 5.35. The molecule has 0 aromatic rings. The van der Waals surface area contributed by atoms with Gasteiger partial charge < -0.3 is 15.4 Å². The van der Waals surface area contributed by atoms with Gasteiger partial charge in [-0.15, -0.1) is 0 Å². The molecule has 2 N–H and O–H groups in total. The summed E-state index contributed by atoms with van der Waals surface area (Å²) in [5.41, 5.74) is 0. The average molecular weight is 383 g/mol. The third kappa shape index (κ3) is 16.1. The van der Waals surface area contributed by atoms with Gasteiger partial charge in [0, 0.05) is 13.2 Å². The van der Waals surface area contributed by atoms with Crippen LogP contribution in [0.5, 0.6) is 0 Å². The number of hydrogen-bond donors (Lipinski definition) is 2. The van der Waals surface area contributed by atoms with Crippen LogP contribution in [0.2, 0.25) is 0 Å². The van der Waals surface area contributed by atoms with Gasteiger partial charge in [-0.2, -0.15) is 0 Å². The van der Waals surface area contributed by atoms with E-state index in [1.165, 1.54) is 89.9 Å². The van der Waals surface area contributed by atoms with Crippen molar-refractivity contribution in [3.63, 3.8) is 0 Å². The van der Waals surface area contributed by atoms with E-state index in [2.05, 4.69) is 17.6 Å². The first-order valence-electron chi connectivity index (χ1n) is 11.9. The van der Waals surface area contributed by atoms with Crippen molar-refractivity contribution in [3.8, 4) is 0 Å².